The van der Waals surface area contributed by atoms with Crippen molar-refractivity contribution < 1.29 is 10.2 Å². The summed E-state index contributed by atoms with van der Waals surface area (Å²) in [4.78, 5) is 0. The van der Waals surface area contributed by atoms with Gasteiger partial charge in [0.1, 0.15) is 0 Å². The predicted octanol–water partition coefficient (Wildman–Crippen LogP) is 4.09. The highest BCUT2D eigenvalue weighted by molar-refractivity contribution is 5.27. The van der Waals surface area contributed by atoms with Crippen molar-refractivity contribution in [3.63, 3.8) is 0 Å². The predicted molar refractivity (Wildman–Crippen MR) is 90.7 cm³/mol. The number of benzene rings is 2. The molecule has 0 aliphatic heterocycles. The molecule has 0 aliphatic rings. The first kappa shape index (κ1) is 16.7. The summed E-state index contributed by atoms with van der Waals surface area (Å²) >= 11 is 0. The molecule has 0 spiro atoms. The SMILES string of the molecule is CC[C@@](O)(c1ccccc1)[C@H](CCO)[C@@H](C)c1ccccc1. The summed E-state index contributed by atoms with van der Waals surface area (Å²) in [5.74, 6) is 0.130. The topological polar surface area (TPSA) is 40.5 Å². The van der Waals surface area contributed by atoms with E-state index in [1.807, 2.05) is 55.5 Å². The van der Waals surface area contributed by atoms with Crippen LogP contribution in [0.25, 0.3) is 0 Å². The minimum Gasteiger partial charge on any atom is -0.396 e. The molecule has 0 fully saturated rings. The van der Waals surface area contributed by atoms with E-state index in [1.54, 1.807) is 0 Å². The Kier molecular flexibility index (Phi) is 5.76. The highest BCUT2D eigenvalue weighted by Crippen LogP contribution is 2.43. The van der Waals surface area contributed by atoms with Crippen LogP contribution in [-0.4, -0.2) is 16.8 Å². The summed E-state index contributed by atoms with van der Waals surface area (Å²) in [5.41, 5.74) is 1.20. The summed E-state index contributed by atoms with van der Waals surface area (Å²) in [6.45, 7) is 4.23. The van der Waals surface area contributed by atoms with Crippen molar-refractivity contribution in [2.75, 3.05) is 6.61 Å². The van der Waals surface area contributed by atoms with E-state index in [4.69, 9.17) is 0 Å². The number of hydrogen-bond acceptors (Lipinski definition) is 2. The van der Waals surface area contributed by atoms with E-state index in [0.717, 1.165) is 5.56 Å². The van der Waals surface area contributed by atoms with Crippen LogP contribution >= 0.6 is 0 Å². The normalized spacial score (nSPS) is 16.7. The van der Waals surface area contributed by atoms with Crippen LogP contribution in [-0.2, 0) is 5.60 Å². The van der Waals surface area contributed by atoms with E-state index >= 15 is 0 Å². The van der Waals surface area contributed by atoms with Crippen molar-refractivity contribution in [1.82, 2.24) is 0 Å². The summed E-state index contributed by atoms with van der Waals surface area (Å²) in [5, 5.41) is 20.9. The molecule has 3 atom stereocenters. The minimum absolute atomic E-state index is 0.0349. The molecule has 2 aromatic carbocycles. The van der Waals surface area contributed by atoms with Crippen LogP contribution in [0.1, 0.15) is 43.7 Å². The molecule has 0 aromatic heterocycles. The molecule has 0 amide bonds. The van der Waals surface area contributed by atoms with Crippen molar-refractivity contribution in [2.45, 2.75) is 38.2 Å². The van der Waals surface area contributed by atoms with Gasteiger partial charge in [-0.1, -0.05) is 74.5 Å². The Morgan fingerprint density at radius 2 is 1.50 bits per heavy atom. The number of hydrogen-bond donors (Lipinski definition) is 2. The van der Waals surface area contributed by atoms with Crippen LogP contribution in [0.15, 0.2) is 60.7 Å². The molecule has 2 nitrogen and oxygen atoms in total. The molecule has 118 valence electrons. The van der Waals surface area contributed by atoms with E-state index in [2.05, 4.69) is 19.1 Å². The fourth-order valence-corrected chi connectivity index (χ4v) is 3.44. The van der Waals surface area contributed by atoms with E-state index in [1.165, 1.54) is 5.56 Å². The van der Waals surface area contributed by atoms with Gasteiger partial charge in [-0.25, -0.2) is 0 Å². The van der Waals surface area contributed by atoms with Gasteiger partial charge in [-0.2, -0.15) is 0 Å². The number of aliphatic hydroxyl groups is 2. The molecule has 2 aromatic rings. The van der Waals surface area contributed by atoms with Crippen LogP contribution < -0.4 is 0 Å². The van der Waals surface area contributed by atoms with Crippen LogP contribution in [0.3, 0.4) is 0 Å². The summed E-state index contributed by atoms with van der Waals surface area (Å²) in [6.07, 6.45) is 1.20. The Bertz CT molecular complexity index is 552. The van der Waals surface area contributed by atoms with Gasteiger partial charge >= 0.3 is 0 Å². The second kappa shape index (κ2) is 7.57. The molecule has 2 N–H and O–H groups in total. The standard InChI is InChI=1S/C20H26O2/c1-3-20(22,18-12-8-5-9-13-18)19(14-15-21)16(2)17-10-6-4-7-11-17/h4-13,16,19,21-22H,3,14-15H2,1-2H3/t16-,19+,20+/m0/s1. The van der Waals surface area contributed by atoms with Crippen LogP contribution in [0.5, 0.6) is 0 Å². The van der Waals surface area contributed by atoms with Crippen molar-refractivity contribution in [1.29, 1.82) is 0 Å². The monoisotopic (exact) mass is 298 g/mol. The maximum absolute atomic E-state index is 11.4. The van der Waals surface area contributed by atoms with Gasteiger partial charge in [-0.3, -0.25) is 0 Å². The van der Waals surface area contributed by atoms with Crippen molar-refractivity contribution in [3.05, 3.63) is 71.8 Å². The van der Waals surface area contributed by atoms with Gasteiger partial charge in [0, 0.05) is 12.5 Å². The van der Waals surface area contributed by atoms with Crippen molar-refractivity contribution in [2.24, 2.45) is 5.92 Å². The van der Waals surface area contributed by atoms with Gasteiger partial charge < -0.3 is 10.2 Å². The fourth-order valence-electron chi connectivity index (χ4n) is 3.44. The first-order valence-electron chi connectivity index (χ1n) is 8.07. The average molecular weight is 298 g/mol. The smallest absolute Gasteiger partial charge is 0.0928 e. The molecular weight excluding hydrogens is 272 g/mol. The minimum atomic E-state index is -0.931. The molecule has 0 unspecified atom stereocenters. The fraction of sp³-hybridized carbons (Fsp3) is 0.400. The van der Waals surface area contributed by atoms with Crippen molar-refractivity contribution >= 4 is 0 Å². The third kappa shape index (κ3) is 3.40. The largest absolute Gasteiger partial charge is 0.396 e. The average Bonchev–Trinajstić information content (AvgIpc) is 2.60. The van der Waals surface area contributed by atoms with E-state index in [9.17, 15) is 10.2 Å². The molecule has 0 saturated heterocycles. The molecule has 2 heteroatoms. The lowest BCUT2D eigenvalue weighted by molar-refractivity contribution is -0.0459. The van der Waals surface area contributed by atoms with Gasteiger partial charge in [-0.15, -0.1) is 0 Å². The van der Waals surface area contributed by atoms with Gasteiger partial charge in [0.2, 0.25) is 0 Å². The van der Waals surface area contributed by atoms with E-state index in [0.29, 0.717) is 12.8 Å². The number of rotatable bonds is 7. The Morgan fingerprint density at radius 3 is 2.00 bits per heavy atom. The maximum Gasteiger partial charge on any atom is 0.0928 e. The second-order valence-corrected chi connectivity index (χ2v) is 5.96. The third-order valence-electron chi connectivity index (χ3n) is 4.80. The zero-order valence-corrected chi connectivity index (χ0v) is 13.4. The molecule has 0 bridgehead atoms. The molecule has 0 aliphatic carbocycles. The lowest BCUT2D eigenvalue weighted by Gasteiger charge is -2.40. The zero-order valence-electron chi connectivity index (χ0n) is 13.4. The molecule has 0 radical (unpaired) electrons. The first-order valence-corrected chi connectivity index (χ1v) is 8.07. The summed E-state index contributed by atoms with van der Waals surface area (Å²) < 4.78 is 0. The zero-order chi connectivity index (χ0) is 16.0. The molecule has 0 heterocycles. The van der Waals surface area contributed by atoms with Gasteiger partial charge in [0.25, 0.3) is 0 Å². The van der Waals surface area contributed by atoms with E-state index < -0.39 is 5.60 Å². The third-order valence-corrected chi connectivity index (χ3v) is 4.80. The number of aliphatic hydroxyl groups excluding tert-OH is 1. The van der Waals surface area contributed by atoms with Crippen LogP contribution in [0.2, 0.25) is 0 Å². The summed E-state index contributed by atoms with van der Waals surface area (Å²) in [6, 6.07) is 20.1. The lowest BCUT2D eigenvalue weighted by atomic mass is 9.70. The van der Waals surface area contributed by atoms with Crippen LogP contribution in [0, 0.1) is 5.92 Å². The maximum atomic E-state index is 11.4. The molecule has 0 saturated carbocycles. The Hall–Kier alpha value is -1.64. The Balaban J connectivity index is 2.40. The van der Waals surface area contributed by atoms with Gasteiger partial charge in [0.15, 0.2) is 0 Å². The Morgan fingerprint density at radius 1 is 0.955 bits per heavy atom. The quantitative estimate of drug-likeness (QED) is 0.808. The van der Waals surface area contributed by atoms with Gasteiger partial charge in [0.05, 0.1) is 5.60 Å². The Labute approximate surface area is 133 Å². The lowest BCUT2D eigenvalue weighted by Crippen LogP contribution is -2.38. The highest BCUT2D eigenvalue weighted by atomic mass is 16.3. The summed E-state index contributed by atoms with van der Waals surface area (Å²) in [7, 11) is 0. The second-order valence-electron chi connectivity index (χ2n) is 5.96. The van der Waals surface area contributed by atoms with Crippen LogP contribution in [0.4, 0.5) is 0 Å². The molecular formula is C20H26O2. The van der Waals surface area contributed by atoms with Crippen molar-refractivity contribution in [3.8, 4) is 0 Å². The molecule has 2 rings (SSSR count). The van der Waals surface area contributed by atoms with E-state index in [-0.39, 0.29) is 18.4 Å². The van der Waals surface area contributed by atoms with Gasteiger partial charge in [-0.05, 0) is 29.9 Å². The highest BCUT2D eigenvalue weighted by Gasteiger charge is 2.39. The first-order chi connectivity index (χ1) is 10.6. The molecule has 22 heavy (non-hydrogen) atoms.